The third-order valence-corrected chi connectivity index (χ3v) is 5.38. The van der Waals surface area contributed by atoms with Gasteiger partial charge in [0.05, 0.1) is 36.3 Å². The Bertz CT molecular complexity index is 1090. The summed E-state index contributed by atoms with van der Waals surface area (Å²) < 4.78 is 22.9. The summed E-state index contributed by atoms with van der Waals surface area (Å²) in [6.07, 6.45) is 1.46. The van der Waals surface area contributed by atoms with Gasteiger partial charge in [0.15, 0.2) is 11.5 Å². The molecule has 2 aromatic rings. The van der Waals surface area contributed by atoms with Crippen LogP contribution in [0.15, 0.2) is 20.4 Å². The number of nitrogens with zero attached hydrogens (tertiary/aromatic N) is 1. The summed E-state index contributed by atoms with van der Waals surface area (Å²) in [6.45, 7) is 0.0463. The second-order valence-electron chi connectivity index (χ2n) is 6.90. The van der Waals surface area contributed by atoms with Crippen molar-refractivity contribution >= 4 is 22.7 Å². The van der Waals surface area contributed by atoms with Crippen LogP contribution in [0, 0.1) is 0 Å². The van der Waals surface area contributed by atoms with E-state index in [1.54, 1.807) is 7.11 Å². The molecule has 9 heteroatoms. The molecule has 1 aromatic carbocycles. The molecule has 0 radical (unpaired) electrons. The first-order chi connectivity index (χ1) is 13.6. The van der Waals surface area contributed by atoms with Gasteiger partial charge < -0.3 is 28.6 Å². The molecule has 2 atom stereocenters. The molecule has 2 aliphatic heterocycles. The zero-order valence-electron chi connectivity index (χ0n) is 15.0. The predicted octanol–water partition coefficient (Wildman–Crippen LogP) is 1.78. The molecule has 1 N–H and O–H groups in total. The third kappa shape index (κ3) is 2.39. The van der Waals surface area contributed by atoms with Crippen LogP contribution in [0.25, 0.3) is 11.0 Å². The lowest BCUT2D eigenvalue weighted by atomic mass is 9.95. The van der Waals surface area contributed by atoms with Gasteiger partial charge in [-0.05, 0) is 30.9 Å². The van der Waals surface area contributed by atoms with Crippen LogP contribution >= 0.6 is 0 Å². The number of oxime groups is 1. The topological polar surface area (TPSA) is 117 Å². The summed E-state index contributed by atoms with van der Waals surface area (Å²) in [7, 11) is 1.55. The Morgan fingerprint density at radius 3 is 3.04 bits per heavy atom. The fraction of sp³-hybridized carbons (Fsp3) is 0.421. The van der Waals surface area contributed by atoms with Crippen LogP contribution < -0.4 is 15.1 Å². The maximum Gasteiger partial charge on any atom is 0.345 e. The smallest absolute Gasteiger partial charge is 0.345 e. The Hall–Kier alpha value is -3.07. The van der Waals surface area contributed by atoms with E-state index in [2.05, 4.69) is 5.16 Å². The minimum atomic E-state index is -1.14. The van der Waals surface area contributed by atoms with Gasteiger partial charge in [0.1, 0.15) is 5.58 Å². The number of carboxylic acid groups (broad SMARTS) is 1. The number of ether oxygens (including phenoxy) is 3. The summed E-state index contributed by atoms with van der Waals surface area (Å²) in [6, 6.07) is 1.84. The van der Waals surface area contributed by atoms with Crippen molar-refractivity contribution in [3.8, 4) is 11.5 Å². The number of hydrogen-bond acceptors (Lipinski definition) is 8. The maximum atomic E-state index is 12.6. The first-order valence-corrected chi connectivity index (χ1v) is 8.98. The van der Waals surface area contributed by atoms with Crippen molar-refractivity contribution in [1.29, 1.82) is 0 Å². The van der Waals surface area contributed by atoms with Gasteiger partial charge in [-0.2, -0.15) is 0 Å². The quantitative estimate of drug-likeness (QED) is 0.623. The van der Waals surface area contributed by atoms with Gasteiger partial charge in [-0.25, -0.2) is 9.59 Å². The number of carbonyl (C=O) groups is 1. The molecule has 0 saturated carbocycles. The number of hydrogen-bond donors (Lipinski definition) is 1. The average Bonchev–Trinajstić information content (AvgIpc) is 3.35. The minimum Gasteiger partial charge on any atom is -0.492 e. The van der Waals surface area contributed by atoms with Gasteiger partial charge in [0.25, 0.3) is 0 Å². The zero-order chi connectivity index (χ0) is 19.4. The van der Waals surface area contributed by atoms with Gasteiger partial charge in [-0.1, -0.05) is 5.16 Å². The van der Waals surface area contributed by atoms with Crippen LogP contribution in [-0.2, 0) is 20.8 Å². The lowest BCUT2D eigenvalue weighted by Gasteiger charge is -2.14. The molecule has 1 fully saturated rings. The van der Waals surface area contributed by atoms with Crippen molar-refractivity contribution in [3.63, 3.8) is 0 Å². The molecule has 3 heterocycles. The monoisotopic (exact) mass is 387 g/mol. The highest BCUT2D eigenvalue weighted by Crippen LogP contribution is 2.52. The highest BCUT2D eigenvalue weighted by molar-refractivity contribution is 6.08. The Morgan fingerprint density at radius 1 is 1.39 bits per heavy atom. The number of fused-ring (bicyclic) bond motifs is 6. The summed E-state index contributed by atoms with van der Waals surface area (Å²) in [5.41, 5.74) is 2.24. The van der Waals surface area contributed by atoms with Crippen LogP contribution in [0.2, 0.25) is 0 Å². The van der Waals surface area contributed by atoms with Gasteiger partial charge in [0.2, 0.25) is 12.9 Å². The molecule has 0 bridgehead atoms. The highest BCUT2D eigenvalue weighted by atomic mass is 16.7. The van der Waals surface area contributed by atoms with Crippen LogP contribution in [0.4, 0.5) is 0 Å². The van der Waals surface area contributed by atoms with Crippen molar-refractivity contribution < 1.29 is 33.4 Å². The van der Waals surface area contributed by atoms with Crippen molar-refractivity contribution in [2.45, 2.75) is 31.5 Å². The molecule has 146 valence electrons. The van der Waals surface area contributed by atoms with E-state index < -0.39 is 18.2 Å². The molecule has 3 aliphatic rings. The summed E-state index contributed by atoms with van der Waals surface area (Å²) in [5, 5.41) is 13.2. The number of aryl methyl sites for hydroxylation is 1. The molecule has 0 unspecified atom stereocenters. The molecule has 0 amide bonds. The standard InChI is InChI=1S/C19H17NO8/c1-24-17-15-9-2-3-11(20-26-7-13(21)22)14(9)18(23)27-12(15)6-10-8-4-5-25-19(8)28-16(10)17/h6,8,19H,2-5,7H2,1H3,(H,21,22)/b20-11+/t8-,19+/m0/s1. The van der Waals surface area contributed by atoms with Crippen molar-refractivity contribution in [2.24, 2.45) is 5.16 Å². The Labute approximate surface area is 158 Å². The fourth-order valence-corrected chi connectivity index (χ4v) is 4.26. The summed E-state index contributed by atoms with van der Waals surface area (Å²) >= 11 is 0. The van der Waals surface area contributed by atoms with E-state index in [-0.39, 0.29) is 12.2 Å². The first kappa shape index (κ1) is 17.1. The van der Waals surface area contributed by atoms with E-state index in [0.29, 0.717) is 53.2 Å². The second-order valence-corrected chi connectivity index (χ2v) is 6.90. The fourth-order valence-electron chi connectivity index (χ4n) is 4.26. The predicted molar refractivity (Wildman–Crippen MR) is 95.2 cm³/mol. The molecular formula is C19H17NO8. The maximum absolute atomic E-state index is 12.6. The first-order valence-electron chi connectivity index (χ1n) is 8.98. The van der Waals surface area contributed by atoms with Gasteiger partial charge in [-0.3, -0.25) is 0 Å². The molecule has 1 aliphatic carbocycles. The molecule has 1 saturated heterocycles. The van der Waals surface area contributed by atoms with Crippen molar-refractivity contribution in [3.05, 3.63) is 33.2 Å². The summed E-state index contributed by atoms with van der Waals surface area (Å²) in [5.74, 6) is 0.0788. The lowest BCUT2D eigenvalue weighted by molar-refractivity contribution is -0.142. The Kier molecular flexibility index (Phi) is 3.80. The van der Waals surface area contributed by atoms with E-state index in [9.17, 15) is 9.59 Å². The number of aliphatic carboxylic acids is 1. The van der Waals surface area contributed by atoms with E-state index in [1.165, 1.54) is 0 Å². The van der Waals surface area contributed by atoms with Crippen molar-refractivity contribution in [1.82, 2.24) is 0 Å². The molecule has 28 heavy (non-hydrogen) atoms. The van der Waals surface area contributed by atoms with E-state index in [0.717, 1.165) is 17.5 Å². The number of rotatable bonds is 4. The normalized spacial score (nSPS) is 23.4. The van der Waals surface area contributed by atoms with Gasteiger partial charge in [0, 0.05) is 5.56 Å². The van der Waals surface area contributed by atoms with Gasteiger partial charge in [-0.15, -0.1) is 0 Å². The van der Waals surface area contributed by atoms with Gasteiger partial charge >= 0.3 is 11.6 Å². The van der Waals surface area contributed by atoms with E-state index in [4.69, 9.17) is 28.6 Å². The second kappa shape index (κ2) is 6.23. The van der Waals surface area contributed by atoms with Crippen molar-refractivity contribution in [2.75, 3.05) is 20.3 Å². The highest BCUT2D eigenvalue weighted by Gasteiger charge is 2.42. The third-order valence-electron chi connectivity index (χ3n) is 5.38. The molecule has 5 rings (SSSR count). The Morgan fingerprint density at radius 2 is 2.25 bits per heavy atom. The molecule has 9 nitrogen and oxygen atoms in total. The summed E-state index contributed by atoms with van der Waals surface area (Å²) in [4.78, 5) is 28.1. The molecule has 0 spiro atoms. The van der Waals surface area contributed by atoms with Crippen LogP contribution in [0.3, 0.4) is 0 Å². The minimum absolute atomic E-state index is 0.0911. The molecule has 1 aromatic heterocycles. The number of carboxylic acids is 1. The number of methoxy groups -OCH3 is 1. The van der Waals surface area contributed by atoms with Crippen LogP contribution in [0.5, 0.6) is 11.5 Å². The van der Waals surface area contributed by atoms with Crippen LogP contribution in [-0.4, -0.2) is 43.4 Å². The van der Waals surface area contributed by atoms with E-state index >= 15 is 0 Å². The number of benzene rings is 1. The molecular weight excluding hydrogens is 370 g/mol. The lowest BCUT2D eigenvalue weighted by Crippen LogP contribution is -2.14. The average molecular weight is 387 g/mol. The van der Waals surface area contributed by atoms with Crippen LogP contribution in [0.1, 0.15) is 35.4 Å². The SMILES string of the molecule is COc1c2c(cc3oc(=O)c4c(c13)CC/C4=N\OCC(=O)O)[C@@H]1CCO[C@@H]1O2. The largest absolute Gasteiger partial charge is 0.492 e. The van der Waals surface area contributed by atoms with E-state index in [1.807, 2.05) is 6.07 Å². The Balaban J connectivity index is 1.69. The zero-order valence-corrected chi connectivity index (χ0v) is 15.0.